The lowest BCUT2D eigenvalue weighted by Crippen LogP contribution is -2.50. The fourth-order valence-corrected chi connectivity index (χ4v) is 1.76. The van der Waals surface area contributed by atoms with Gasteiger partial charge in [-0.2, -0.15) is 0 Å². The number of rotatable bonds is 4. The van der Waals surface area contributed by atoms with E-state index in [9.17, 15) is 9.59 Å². The van der Waals surface area contributed by atoms with Gasteiger partial charge in [0.25, 0.3) is 5.91 Å². The molecule has 0 aliphatic rings. The SMILES string of the molecule is COc1cc(Br)ccc1C(=O)N(C)C(C)(C)C(=O)O. The average molecular weight is 330 g/mol. The molecule has 1 amide bonds. The average Bonchev–Trinajstić information content (AvgIpc) is 2.36. The quantitative estimate of drug-likeness (QED) is 0.921. The maximum Gasteiger partial charge on any atom is 0.329 e. The fourth-order valence-electron chi connectivity index (χ4n) is 1.42. The number of halogens is 1. The van der Waals surface area contributed by atoms with E-state index in [1.54, 1.807) is 18.2 Å². The number of aliphatic carboxylic acids is 1. The maximum absolute atomic E-state index is 12.4. The largest absolute Gasteiger partial charge is 0.496 e. The first-order valence-corrected chi connectivity index (χ1v) is 6.36. The van der Waals surface area contributed by atoms with Crippen LogP contribution in [0.25, 0.3) is 0 Å². The fraction of sp³-hybridized carbons (Fsp3) is 0.385. The molecule has 0 saturated heterocycles. The van der Waals surface area contributed by atoms with Crippen LogP contribution in [0.4, 0.5) is 0 Å². The highest BCUT2D eigenvalue weighted by atomic mass is 79.9. The Morgan fingerprint density at radius 2 is 1.95 bits per heavy atom. The van der Waals surface area contributed by atoms with E-state index < -0.39 is 17.4 Å². The first-order chi connectivity index (χ1) is 8.71. The van der Waals surface area contributed by atoms with Gasteiger partial charge in [0.15, 0.2) is 0 Å². The van der Waals surface area contributed by atoms with E-state index in [1.165, 1.54) is 32.9 Å². The van der Waals surface area contributed by atoms with E-state index in [1.807, 2.05) is 0 Å². The van der Waals surface area contributed by atoms with Crippen molar-refractivity contribution in [2.24, 2.45) is 0 Å². The molecule has 0 aliphatic carbocycles. The van der Waals surface area contributed by atoms with Crippen LogP contribution in [0.1, 0.15) is 24.2 Å². The minimum absolute atomic E-state index is 0.322. The maximum atomic E-state index is 12.4. The van der Waals surface area contributed by atoms with Gasteiger partial charge in [-0.1, -0.05) is 15.9 Å². The number of nitrogens with zero attached hydrogens (tertiary/aromatic N) is 1. The minimum Gasteiger partial charge on any atom is -0.496 e. The molecule has 0 fully saturated rings. The molecule has 0 radical (unpaired) electrons. The Bertz CT molecular complexity index is 513. The van der Waals surface area contributed by atoms with Gasteiger partial charge in [0.1, 0.15) is 11.3 Å². The first kappa shape index (κ1) is 15.5. The number of amides is 1. The molecule has 0 aliphatic heterocycles. The third kappa shape index (κ3) is 3.07. The molecule has 1 N–H and O–H groups in total. The van der Waals surface area contributed by atoms with Crippen molar-refractivity contribution >= 4 is 27.8 Å². The molecule has 5 nitrogen and oxygen atoms in total. The van der Waals surface area contributed by atoms with Gasteiger partial charge < -0.3 is 14.7 Å². The predicted molar refractivity (Wildman–Crippen MR) is 74.5 cm³/mol. The Balaban J connectivity index is 3.17. The third-order valence-electron chi connectivity index (χ3n) is 3.06. The molecule has 1 aromatic rings. The lowest BCUT2D eigenvalue weighted by atomic mass is 10.0. The number of ether oxygens (including phenoxy) is 1. The second-order valence-electron chi connectivity index (χ2n) is 4.57. The molecule has 0 spiro atoms. The summed E-state index contributed by atoms with van der Waals surface area (Å²) in [5, 5.41) is 9.15. The van der Waals surface area contributed by atoms with Crippen LogP contribution < -0.4 is 4.74 Å². The summed E-state index contributed by atoms with van der Waals surface area (Å²) in [4.78, 5) is 24.7. The van der Waals surface area contributed by atoms with Crippen LogP contribution in [-0.2, 0) is 4.79 Å². The van der Waals surface area contributed by atoms with E-state index >= 15 is 0 Å². The first-order valence-electron chi connectivity index (χ1n) is 5.57. The molecule has 0 bridgehead atoms. The summed E-state index contributed by atoms with van der Waals surface area (Å²) in [5.74, 6) is -1.08. The van der Waals surface area contributed by atoms with E-state index in [-0.39, 0.29) is 0 Å². The third-order valence-corrected chi connectivity index (χ3v) is 3.55. The Morgan fingerprint density at radius 1 is 1.37 bits per heavy atom. The van der Waals surface area contributed by atoms with Gasteiger partial charge in [-0.3, -0.25) is 4.79 Å². The van der Waals surface area contributed by atoms with Gasteiger partial charge in [-0.25, -0.2) is 4.79 Å². The van der Waals surface area contributed by atoms with Crippen molar-refractivity contribution < 1.29 is 19.4 Å². The lowest BCUT2D eigenvalue weighted by molar-refractivity contribution is -0.147. The van der Waals surface area contributed by atoms with E-state index in [0.717, 1.165) is 4.47 Å². The number of benzene rings is 1. The molecular weight excluding hydrogens is 314 g/mol. The monoisotopic (exact) mass is 329 g/mol. The molecule has 19 heavy (non-hydrogen) atoms. The number of hydrogen-bond donors (Lipinski definition) is 1. The molecule has 6 heteroatoms. The molecule has 0 unspecified atom stereocenters. The van der Waals surface area contributed by atoms with Crippen molar-refractivity contribution in [2.45, 2.75) is 19.4 Å². The van der Waals surface area contributed by atoms with Crippen LogP contribution >= 0.6 is 15.9 Å². The zero-order valence-electron chi connectivity index (χ0n) is 11.2. The Morgan fingerprint density at radius 3 is 2.42 bits per heavy atom. The normalized spacial score (nSPS) is 11.0. The molecule has 0 atom stereocenters. The van der Waals surface area contributed by atoms with Gasteiger partial charge >= 0.3 is 5.97 Å². The molecule has 0 aromatic heterocycles. The number of carbonyl (C=O) groups is 2. The number of methoxy groups -OCH3 is 1. The second-order valence-corrected chi connectivity index (χ2v) is 5.49. The molecule has 1 rings (SSSR count). The smallest absolute Gasteiger partial charge is 0.329 e. The van der Waals surface area contributed by atoms with Crippen molar-refractivity contribution in [3.05, 3.63) is 28.2 Å². The highest BCUT2D eigenvalue weighted by molar-refractivity contribution is 9.10. The van der Waals surface area contributed by atoms with Crippen LogP contribution in [0.2, 0.25) is 0 Å². The summed E-state index contributed by atoms with van der Waals surface area (Å²) in [6.45, 7) is 2.94. The Kier molecular flexibility index (Phi) is 4.57. The summed E-state index contributed by atoms with van der Waals surface area (Å²) >= 11 is 3.29. The number of likely N-dealkylation sites (N-methyl/N-ethyl adjacent to an activating group) is 1. The van der Waals surface area contributed by atoms with Crippen LogP contribution in [0.5, 0.6) is 5.75 Å². The topological polar surface area (TPSA) is 66.8 Å². The summed E-state index contributed by atoms with van der Waals surface area (Å²) in [7, 11) is 2.92. The number of hydrogen-bond acceptors (Lipinski definition) is 3. The summed E-state index contributed by atoms with van der Waals surface area (Å²) in [6.07, 6.45) is 0. The van der Waals surface area contributed by atoms with Crippen LogP contribution in [0.15, 0.2) is 22.7 Å². The summed E-state index contributed by atoms with van der Waals surface area (Å²) in [6, 6.07) is 4.96. The van der Waals surface area contributed by atoms with Crippen LogP contribution in [-0.4, -0.2) is 41.6 Å². The van der Waals surface area contributed by atoms with Gasteiger partial charge in [0, 0.05) is 11.5 Å². The van der Waals surface area contributed by atoms with Gasteiger partial charge in [0.05, 0.1) is 12.7 Å². The van der Waals surface area contributed by atoms with E-state index in [0.29, 0.717) is 11.3 Å². The standard InChI is InChI=1S/C13H16BrNO4/c1-13(2,12(17)18)15(3)11(16)9-6-5-8(14)7-10(9)19-4/h5-7H,1-4H3,(H,17,18). The highest BCUT2D eigenvalue weighted by Crippen LogP contribution is 2.26. The van der Waals surface area contributed by atoms with Crippen LogP contribution in [0, 0.1) is 0 Å². The summed E-state index contributed by atoms with van der Waals surface area (Å²) < 4.78 is 5.92. The highest BCUT2D eigenvalue weighted by Gasteiger charge is 2.36. The van der Waals surface area contributed by atoms with Crippen LogP contribution in [0.3, 0.4) is 0 Å². The zero-order valence-corrected chi connectivity index (χ0v) is 12.8. The van der Waals surface area contributed by atoms with Gasteiger partial charge in [-0.05, 0) is 32.0 Å². The second kappa shape index (κ2) is 5.61. The molecular formula is C13H16BrNO4. The van der Waals surface area contributed by atoms with Crippen molar-refractivity contribution in [3.8, 4) is 5.75 Å². The zero-order chi connectivity index (χ0) is 14.8. The van der Waals surface area contributed by atoms with Crippen molar-refractivity contribution in [3.63, 3.8) is 0 Å². The van der Waals surface area contributed by atoms with Crippen molar-refractivity contribution in [1.29, 1.82) is 0 Å². The summed E-state index contributed by atoms with van der Waals surface area (Å²) in [5.41, 5.74) is -0.975. The number of carboxylic acid groups (broad SMARTS) is 1. The van der Waals surface area contributed by atoms with Crippen molar-refractivity contribution in [2.75, 3.05) is 14.2 Å². The lowest BCUT2D eigenvalue weighted by Gasteiger charge is -2.31. The number of carbonyl (C=O) groups excluding carboxylic acids is 1. The Hall–Kier alpha value is -1.56. The molecule has 0 saturated carbocycles. The van der Waals surface area contributed by atoms with E-state index in [2.05, 4.69) is 15.9 Å². The van der Waals surface area contributed by atoms with Crippen molar-refractivity contribution in [1.82, 2.24) is 4.90 Å². The predicted octanol–water partition coefficient (Wildman–Crippen LogP) is 2.39. The molecule has 104 valence electrons. The molecule has 0 heterocycles. The van der Waals surface area contributed by atoms with Gasteiger partial charge in [0.2, 0.25) is 0 Å². The van der Waals surface area contributed by atoms with E-state index in [4.69, 9.17) is 9.84 Å². The number of carboxylic acids is 1. The van der Waals surface area contributed by atoms with Gasteiger partial charge in [-0.15, -0.1) is 0 Å². The Labute approximate surface area is 120 Å². The molecule has 1 aromatic carbocycles. The minimum atomic E-state index is -1.30.